The minimum absolute atomic E-state index is 0.627. The molecule has 0 aromatic rings. The molecule has 88 valence electrons. The van der Waals surface area contributed by atoms with Crippen molar-refractivity contribution in [1.82, 2.24) is 0 Å². The molecule has 0 aliphatic rings. The first kappa shape index (κ1) is 12.5. The summed E-state index contributed by atoms with van der Waals surface area (Å²) in [5, 5.41) is 8.75. The minimum Gasteiger partial charge on any atom is -0.396 e. The van der Waals surface area contributed by atoms with E-state index in [0.717, 1.165) is 25.7 Å². The summed E-state index contributed by atoms with van der Waals surface area (Å²) in [4.78, 5) is 0. The Hall–Kier alpha value is -0.560. The van der Waals surface area contributed by atoms with Gasteiger partial charge < -0.3 is 5.11 Å². The van der Waals surface area contributed by atoms with Crippen LogP contribution in [0.1, 0.15) is 59.7 Å². The van der Waals surface area contributed by atoms with Crippen molar-refractivity contribution in [3.63, 3.8) is 0 Å². The maximum absolute atomic E-state index is 8.75. The molecule has 1 heteroatoms. The van der Waals surface area contributed by atoms with Gasteiger partial charge in [-0.1, -0.05) is 56.9 Å². The topological polar surface area (TPSA) is 20.2 Å². The summed E-state index contributed by atoms with van der Waals surface area (Å²) in [5.74, 6) is 0. The van der Waals surface area contributed by atoms with E-state index in [1.54, 1.807) is 0 Å². The number of hydrogen-bond donors (Lipinski definition) is 1. The van der Waals surface area contributed by atoms with E-state index in [0.29, 0.717) is 6.42 Å². The molecule has 0 heterocycles. The van der Waals surface area contributed by atoms with Crippen LogP contribution in [0.5, 0.6) is 0 Å². The fourth-order valence-electron chi connectivity index (χ4n) is 1.42. The lowest BCUT2D eigenvalue weighted by molar-refractivity contribution is 0.282. The molecule has 0 fully saturated rings. The predicted molar refractivity (Wildman–Crippen MR) is 68.0 cm³/mol. The molecule has 0 saturated heterocycles. The molecule has 0 aliphatic carbocycles. The molecule has 0 saturated carbocycles. The molecule has 0 aromatic heterocycles. The van der Waals surface area contributed by atoms with Crippen LogP contribution in [0.15, 0.2) is 24.3 Å². The Morgan fingerprint density at radius 2 is 1.53 bits per heavy atom. The van der Waals surface area contributed by atoms with Crippen molar-refractivity contribution in [2.75, 3.05) is 6.58 Å². The highest BCUT2D eigenvalue weighted by Crippen LogP contribution is 2.07. The first-order valence-corrected chi connectivity index (χ1v) is 6.19. The van der Waals surface area contributed by atoms with E-state index in [-0.39, 0.29) is 0 Å². The zero-order valence-electron chi connectivity index (χ0n) is 11.0. The Morgan fingerprint density at radius 1 is 0.933 bits per heavy atom. The lowest BCUT2D eigenvalue weighted by Gasteiger charge is -1.98. The Morgan fingerprint density at radius 3 is 2.20 bits per heavy atom. The minimum atomic E-state index is -0.867. The van der Waals surface area contributed by atoms with Gasteiger partial charge in [-0.3, -0.25) is 0 Å². The van der Waals surface area contributed by atoms with Crippen LogP contribution < -0.4 is 0 Å². The van der Waals surface area contributed by atoms with Gasteiger partial charge >= 0.3 is 0 Å². The van der Waals surface area contributed by atoms with E-state index in [1.165, 1.54) is 19.3 Å². The monoisotopic (exact) mass is 212 g/mol. The molecule has 0 amide bonds. The molecule has 0 aromatic carbocycles. The maximum Gasteiger partial charge on any atom is 0.0564 e. The summed E-state index contributed by atoms with van der Waals surface area (Å²) in [6.07, 6.45) is 17.4. The molecule has 1 atom stereocenters. The zero-order valence-corrected chi connectivity index (χ0v) is 9.99. The van der Waals surface area contributed by atoms with Gasteiger partial charge in [0, 0.05) is 6.58 Å². The second-order valence-electron chi connectivity index (χ2n) is 3.79. The molecule has 1 N–H and O–H groups in total. The van der Waals surface area contributed by atoms with Crippen molar-refractivity contribution >= 4 is 0 Å². The standard InChI is InChI=1S/C14H26O/c1-2-3-4-5-6-7-8-9-10-11-12-13-14-15/h3-6,15H,2,7-14H2,1H3/b4-3+,6-5+/i14T. The highest BCUT2D eigenvalue weighted by atomic mass is 16.2. The van der Waals surface area contributed by atoms with Crippen LogP contribution in [0.4, 0.5) is 0 Å². The van der Waals surface area contributed by atoms with Gasteiger partial charge in [0.05, 0.1) is 1.37 Å². The van der Waals surface area contributed by atoms with Gasteiger partial charge in [0.15, 0.2) is 0 Å². The summed E-state index contributed by atoms with van der Waals surface area (Å²) < 4.78 is 6.94. The van der Waals surface area contributed by atoms with Crippen molar-refractivity contribution < 1.29 is 6.48 Å². The fraction of sp³-hybridized carbons (Fsp3) is 0.714. The zero-order chi connectivity index (χ0) is 12.1. The Labute approximate surface area is 96.3 Å². The third-order valence-corrected chi connectivity index (χ3v) is 2.32. The number of hydrogen-bond acceptors (Lipinski definition) is 1. The van der Waals surface area contributed by atoms with Crippen molar-refractivity contribution in [2.45, 2.75) is 58.3 Å². The average Bonchev–Trinajstić information content (AvgIpc) is 2.25. The number of aliphatic hydroxyl groups is 1. The van der Waals surface area contributed by atoms with E-state index in [1.807, 2.05) is 0 Å². The summed E-state index contributed by atoms with van der Waals surface area (Å²) >= 11 is 0. The second-order valence-corrected chi connectivity index (χ2v) is 3.79. The third kappa shape index (κ3) is 13.4. The SMILES string of the molecule is [3H]C(O)CCCCCCC/C=C/C=C/CC. The van der Waals surface area contributed by atoms with Crippen LogP contribution in [-0.2, 0) is 0 Å². The Bertz CT molecular complexity index is 185. The summed E-state index contributed by atoms with van der Waals surface area (Å²) in [5.41, 5.74) is 0. The van der Waals surface area contributed by atoms with E-state index >= 15 is 0 Å². The van der Waals surface area contributed by atoms with Gasteiger partial charge in [0.1, 0.15) is 0 Å². The average molecular weight is 212 g/mol. The summed E-state index contributed by atoms with van der Waals surface area (Å²) in [6, 6.07) is 0. The maximum atomic E-state index is 8.75. The van der Waals surface area contributed by atoms with Crippen LogP contribution in [0.25, 0.3) is 0 Å². The molecular weight excluding hydrogens is 184 g/mol. The molecule has 0 rings (SSSR count). The molecule has 1 unspecified atom stereocenters. The molecule has 0 spiro atoms. The Balaban J connectivity index is 3.09. The number of aliphatic hydroxyl groups excluding tert-OH is 1. The third-order valence-electron chi connectivity index (χ3n) is 2.32. The number of unbranched alkanes of at least 4 members (excludes halogenated alkanes) is 5. The first-order valence-electron chi connectivity index (χ1n) is 6.77. The van der Waals surface area contributed by atoms with Crippen molar-refractivity contribution in [2.24, 2.45) is 0 Å². The summed E-state index contributed by atoms with van der Waals surface area (Å²) in [7, 11) is 0. The van der Waals surface area contributed by atoms with Gasteiger partial charge in [-0.15, -0.1) is 0 Å². The lowest BCUT2D eigenvalue weighted by atomic mass is 10.1. The first-order chi connectivity index (χ1) is 7.77. The summed E-state index contributed by atoms with van der Waals surface area (Å²) in [6.45, 7) is 1.27. The van der Waals surface area contributed by atoms with Crippen LogP contribution in [0.3, 0.4) is 0 Å². The predicted octanol–water partition coefficient (Wildman–Crippen LogP) is 4.23. The van der Waals surface area contributed by atoms with E-state index < -0.39 is 6.58 Å². The van der Waals surface area contributed by atoms with Crippen molar-refractivity contribution in [3.05, 3.63) is 24.3 Å². The van der Waals surface area contributed by atoms with E-state index in [9.17, 15) is 0 Å². The normalized spacial score (nSPS) is 14.9. The molecule has 15 heavy (non-hydrogen) atoms. The quantitative estimate of drug-likeness (QED) is 0.424. The lowest BCUT2D eigenvalue weighted by Crippen LogP contribution is -1.83. The highest BCUT2D eigenvalue weighted by molar-refractivity contribution is 5.01. The molecular formula is C14H26O. The fourth-order valence-corrected chi connectivity index (χ4v) is 1.42. The second kappa shape index (κ2) is 13.4. The van der Waals surface area contributed by atoms with Gasteiger partial charge in [-0.25, -0.2) is 0 Å². The smallest absolute Gasteiger partial charge is 0.0564 e. The molecule has 0 aliphatic heterocycles. The highest BCUT2D eigenvalue weighted by Gasteiger charge is 1.89. The van der Waals surface area contributed by atoms with E-state index in [2.05, 4.69) is 31.2 Å². The van der Waals surface area contributed by atoms with Gasteiger partial charge in [0.2, 0.25) is 0 Å². The number of rotatable bonds is 10. The molecule has 0 bridgehead atoms. The van der Waals surface area contributed by atoms with Crippen LogP contribution in [-0.4, -0.2) is 11.7 Å². The van der Waals surface area contributed by atoms with Gasteiger partial charge in [-0.2, -0.15) is 0 Å². The van der Waals surface area contributed by atoms with Crippen molar-refractivity contribution in [3.8, 4) is 0 Å². The molecule has 1 nitrogen and oxygen atoms in total. The van der Waals surface area contributed by atoms with Crippen molar-refractivity contribution in [1.29, 1.82) is 0 Å². The van der Waals surface area contributed by atoms with Gasteiger partial charge in [0.25, 0.3) is 0 Å². The number of allylic oxidation sites excluding steroid dienone is 4. The largest absolute Gasteiger partial charge is 0.396 e. The Kier molecular flexibility index (Phi) is 11.2. The van der Waals surface area contributed by atoms with Crippen LogP contribution >= 0.6 is 0 Å². The van der Waals surface area contributed by atoms with Gasteiger partial charge in [-0.05, 0) is 25.7 Å². The van der Waals surface area contributed by atoms with Crippen LogP contribution in [0.2, 0.25) is 0 Å². The molecule has 0 radical (unpaired) electrons. The van der Waals surface area contributed by atoms with Crippen LogP contribution in [0, 0.1) is 0 Å². The van der Waals surface area contributed by atoms with E-state index in [4.69, 9.17) is 6.48 Å².